The normalized spacial score (nSPS) is 16.6. The van der Waals surface area contributed by atoms with E-state index in [1.54, 1.807) is 17.2 Å². The summed E-state index contributed by atoms with van der Waals surface area (Å²) in [6.07, 6.45) is 3.54. The van der Waals surface area contributed by atoms with Crippen LogP contribution < -0.4 is 0 Å². The highest BCUT2D eigenvalue weighted by Gasteiger charge is 2.29. The number of carbonyl (C=O) groups is 1. The molecule has 0 spiro atoms. The molecule has 1 aliphatic rings. The average Bonchev–Trinajstić information content (AvgIpc) is 2.92. The van der Waals surface area contributed by atoms with Gasteiger partial charge in [0.05, 0.1) is 11.6 Å². The topological polar surface area (TPSA) is 33.2 Å². The zero-order chi connectivity index (χ0) is 15.0. The second-order valence-electron chi connectivity index (χ2n) is 5.16. The van der Waals surface area contributed by atoms with E-state index in [1.807, 2.05) is 19.2 Å². The molecule has 0 fully saturated rings. The molecule has 0 saturated carbocycles. The Morgan fingerprint density at radius 2 is 2.19 bits per heavy atom. The predicted octanol–water partition coefficient (Wildman–Crippen LogP) is 4.26. The summed E-state index contributed by atoms with van der Waals surface area (Å²) >= 11 is 9.39. The molecule has 1 atom stereocenters. The number of benzene rings is 1. The van der Waals surface area contributed by atoms with Gasteiger partial charge in [-0.1, -0.05) is 35.9 Å². The largest absolute Gasteiger partial charge is 0.335 e. The van der Waals surface area contributed by atoms with Crippen LogP contribution in [-0.2, 0) is 6.42 Å². The quantitative estimate of drug-likeness (QED) is 0.745. The molecule has 5 heteroatoms. The van der Waals surface area contributed by atoms with Gasteiger partial charge < -0.3 is 4.90 Å². The first-order valence-electron chi connectivity index (χ1n) is 6.74. The molecule has 1 aromatic carbocycles. The zero-order valence-corrected chi connectivity index (χ0v) is 13.9. The van der Waals surface area contributed by atoms with Crippen LogP contribution in [0.3, 0.4) is 0 Å². The number of hydrogen-bond acceptors (Lipinski definition) is 2. The molecule has 1 aliphatic carbocycles. The molecular weight excluding hydrogens is 352 g/mol. The number of fused-ring (bicyclic) bond motifs is 1. The molecule has 1 amide bonds. The van der Waals surface area contributed by atoms with Gasteiger partial charge in [0.25, 0.3) is 5.91 Å². The summed E-state index contributed by atoms with van der Waals surface area (Å²) in [5.41, 5.74) is 2.98. The maximum Gasteiger partial charge on any atom is 0.257 e. The number of aromatic nitrogens is 1. The maximum atomic E-state index is 12.7. The van der Waals surface area contributed by atoms with Gasteiger partial charge in [-0.05, 0) is 46.0 Å². The zero-order valence-electron chi connectivity index (χ0n) is 11.5. The SMILES string of the molecule is CN(C(=O)c1cc(Br)cnc1Cl)C1CCc2ccccc21. The van der Waals surface area contributed by atoms with E-state index in [-0.39, 0.29) is 17.1 Å². The van der Waals surface area contributed by atoms with Crippen molar-refractivity contribution in [2.45, 2.75) is 18.9 Å². The Balaban J connectivity index is 1.91. The molecule has 0 bridgehead atoms. The first-order valence-corrected chi connectivity index (χ1v) is 7.91. The summed E-state index contributed by atoms with van der Waals surface area (Å²) < 4.78 is 0.746. The monoisotopic (exact) mass is 364 g/mol. The summed E-state index contributed by atoms with van der Waals surface area (Å²) in [4.78, 5) is 18.5. The fraction of sp³-hybridized carbons (Fsp3) is 0.250. The van der Waals surface area contributed by atoms with Crippen molar-refractivity contribution in [3.63, 3.8) is 0 Å². The van der Waals surface area contributed by atoms with Crippen molar-refractivity contribution in [3.8, 4) is 0 Å². The highest BCUT2D eigenvalue weighted by Crippen LogP contribution is 2.36. The molecule has 0 aliphatic heterocycles. The van der Waals surface area contributed by atoms with Gasteiger partial charge in [-0.2, -0.15) is 0 Å². The van der Waals surface area contributed by atoms with E-state index in [1.165, 1.54) is 11.1 Å². The molecular formula is C16H14BrClN2O. The van der Waals surface area contributed by atoms with Crippen molar-refractivity contribution in [2.24, 2.45) is 0 Å². The van der Waals surface area contributed by atoms with Gasteiger partial charge in [-0.15, -0.1) is 0 Å². The molecule has 108 valence electrons. The van der Waals surface area contributed by atoms with Crippen LogP contribution in [0.5, 0.6) is 0 Å². The number of halogens is 2. The Kier molecular flexibility index (Phi) is 4.00. The third-order valence-electron chi connectivity index (χ3n) is 3.93. The minimum Gasteiger partial charge on any atom is -0.335 e. The summed E-state index contributed by atoms with van der Waals surface area (Å²) in [5.74, 6) is -0.101. The van der Waals surface area contributed by atoms with E-state index >= 15 is 0 Å². The van der Waals surface area contributed by atoms with Crippen LogP contribution >= 0.6 is 27.5 Å². The van der Waals surface area contributed by atoms with E-state index in [9.17, 15) is 4.79 Å². The fourth-order valence-corrected chi connectivity index (χ4v) is 3.36. The predicted molar refractivity (Wildman–Crippen MR) is 86.5 cm³/mol. The molecule has 0 radical (unpaired) electrons. The highest BCUT2D eigenvalue weighted by molar-refractivity contribution is 9.10. The van der Waals surface area contributed by atoms with Crippen molar-refractivity contribution < 1.29 is 4.79 Å². The summed E-state index contributed by atoms with van der Waals surface area (Å²) in [7, 11) is 1.83. The van der Waals surface area contributed by atoms with Crippen molar-refractivity contribution in [2.75, 3.05) is 7.05 Å². The Hall–Kier alpha value is -1.39. The smallest absolute Gasteiger partial charge is 0.257 e. The van der Waals surface area contributed by atoms with Crippen molar-refractivity contribution in [1.82, 2.24) is 9.88 Å². The minimum atomic E-state index is -0.101. The number of carbonyl (C=O) groups excluding carboxylic acids is 1. The van der Waals surface area contributed by atoms with Crippen LogP contribution in [0.25, 0.3) is 0 Å². The van der Waals surface area contributed by atoms with E-state index in [0.29, 0.717) is 5.56 Å². The van der Waals surface area contributed by atoms with Gasteiger partial charge in [-0.25, -0.2) is 4.98 Å². The van der Waals surface area contributed by atoms with Crippen molar-refractivity contribution in [1.29, 1.82) is 0 Å². The molecule has 3 rings (SSSR count). The maximum absolute atomic E-state index is 12.7. The van der Waals surface area contributed by atoms with Crippen LogP contribution in [0, 0.1) is 0 Å². The standard InChI is InChI=1S/C16H14BrClN2O/c1-20(14-7-6-10-4-2-3-5-12(10)14)16(21)13-8-11(17)9-19-15(13)18/h2-5,8-9,14H,6-7H2,1H3. The Bertz CT molecular complexity index is 704. The second-order valence-corrected chi connectivity index (χ2v) is 6.43. The first-order chi connectivity index (χ1) is 10.1. The molecule has 0 saturated heterocycles. The lowest BCUT2D eigenvalue weighted by molar-refractivity contribution is 0.0730. The summed E-state index contributed by atoms with van der Waals surface area (Å²) in [5, 5.41) is 0.237. The molecule has 1 unspecified atom stereocenters. The van der Waals surface area contributed by atoms with Gasteiger partial charge in [-0.3, -0.25) is 4.79 Å². The van der Waals surface area contributed by atoms with Crippen molar-refractivity contribution in [3.05, 3.63) is 62.8 Å². The molecule has 0 N–H and O–H groups in total. The van der Waals surface area contributed by atoms with E-state index < -0.39 is 0 Å². The summed E-state index contributed by atoms with van der Waals surface area (Å²) in [6.45, 7) is 0. The number of nitrogens with zero attached hydrogens (tertiary/aromatic N) is 2. The third-order valence-corrected chi connectivity index (χ3v) is 4.66. The Labute approximate surface area is 137 Å². The lowest BCUT2D eigenvalue weighted by Gasteiger charge is -2.25. The van der Waals surface area contributed by atoms with Gasteiger partial charge in [0, 0.05) is 17.7 Å². The number of pyridine rings is 1. The lowest BCUT2D eigenvalue weighted by atomic mass is 10.1. The van der Waals surface area contributed by atoms with Gasteiger partial charge in [0.1, 0.15) is 5.15 Å². The van der Waals surface area contributed by atoms with Crippen LogP contribution in [0.4, 0.5) is 0 Å². The Morgan fingerprint density at radius 3 is 3.00 bits per heavy atom. The van der Waals surface area contributed by atoms with Gasteiger partial charge >= 0.3 is 0 Å². The van der Waals surface area contributed by atoms with Crippen LogP contribution in [-0.4, -0.2) is 22.8 Å². The van der Waals surface area contributed by atoms with E-state index in [0.717, 1.165) is 17.3 Å². The van der Waals surface area contributed by atoms with Crippen molar-refractivity contribution >= 4 is 33.4 Å². The molecule has 3 nitrogen and oxygen atoms in total. The number of aryl methyl sites for hydroxylation is 1. The van der Waals surface area contributed by atoms with Crippen LogP contribution in [0.15, 0.2) is 41.0 Å². The fourth-order valence-electron chi connectivity index (χ4n) is 2.84. The average molecular weight is 366 g/mol. The highest BCUT2D eigenvalue weighted by atomic mass is 79.9. The third kappa shape index (κ3) is 2.70. The number of hydrogen-bond donors (Lipinski definition) is 0. The van der Waals surface area contributed by atoms with E-state index in [2.05, 4.69) is 33.0 Å². The summed E-state index contributed by atoms with van der Waals surface area (Å²) in [6, 6.07) is 10.1. The van der Waals surface area contributed by atoms with Gasteiger partial charge in [0.2, 0.25) is 0 Å². The molecule has 21 heavy (non-hydrogen) atoms. The Morgan fingerprint density at radius 1 is 1.43 bits per heavy atom. The van der Waals surface area contributed by atoms with Gasteiger partial charge in [0.15, 0.2) is 0 Å². The molecule has 1 heterocycles. The number of rotatable bonds is 2. The lowest BCUT2D eigenvalue weighted by Crippen LogP contribution is -2.30. The number of amides is 1. The van der Waals surface area contributed by atoms with E-state index in [4.69, 9.17) is 11.6 Å². The minimum absolute atomic E-state index is 0.101. The van der Waals surface area contributed by atoms with Crippen LogP contribution in [0.2, 0.25) is 5.15 Å². The second kappa shape index (κ2) is 5.78. The molecule has 2 aromatic rings. The molecule has 1 aromatic heterocycles. The van der Waals surface area contributed by atoms with Crippen LogP contribution in [0.1, 0.15) is 33.9 Å². The first kappa shape index (κ1) is 14.5.